The molecule has 0 unspecified atom stereocenters. The highest BCUT2D eigenvalue weighted by atomic mass is 79.9. The minimum atomic E-state index is -0.369. The molecule has 0 aliphatic carbocycles. The Balaban J connectivity index is 1.92. The summed E-state index contributed by atoms with van der Waals surface area (Å²) in [6.45, 7) is 4.95. The van der Waals surface area contributed by atoms with E-state index in [1.807, 2.05) is 13.8 Å². The van der Waals surface area contributed by atoms with E-state index in [0.29, 0.717) is 40.3 Å². The third-order valence-electron chi connectivity index (χ3n) is 3.70. The van der Waals surface area contributed by atoms with Gasteiger partial charge in [-0.2, -0.15) is 0 Å². The van der Waals surface area contributed by atoms with Crippen LogP contribution in [0.2, 0.25) is 0 Å². The van der Waals surface area contributed by atoms with Crippen molar-refractivity contribution < 1.29 is 19.1 Å². The molecule has 0 fully saturated rings. The summed E-state index contributed by atoms with van der Waals surface area (Å²) in [6, 6.07) is 11.7. The molecular weight excluding hydrogens is 456 g/mol. The summed E-state index contributed by atoms with van der Waals surface area (Å²) in [5.74, 6) is -0.0297. The van der Waals surface area contributed by atoms with Crippen molar-refractivity contribution in [2.45, 2.75) is 26.7 Å². The van der Waals surface area contributed by atoms with Crippen LogP contribution in [0.5, 0.6) is 5.75 Å². The van der Waals surface area contributed by atoms with Crippen molar-refractivity contribution >= 4 is 50.8 Å². The molecule has 0 saturated carbocycles. The largest absolute Gasteiger partial charge is 0.492 e. The Kier molecular flexibility index (Phi) is 9.08. The van der Waals surface area contributed by atoms with Crippen LogP contribution in [0.4, 0.5) is 5.69 Å². The number of hydrogen-bond acceptors (Lipinski definition) is 5. The lowest BCUT2D eigenvalue weighted by Crippen LogP contribution is -2.34. The fourth-order valence-electron chi connectivity index (χ4n) is 2.28. The van der Waals surface area contributed by atoms with Gasteiger partial charge in [-0.25, -0.2) is 4.79 Å². The summed E-state index contributed by atoms with van der Waals surface area (Å²) < 4.78 is 11.4. The van der Waals surface area contributed by atoms with Crippen LogP contribution in [0.25, 0.3) is 0 Å². The Morgan fingerprint density at radius 1 is 1.00 bits per heavy atom. The first-order chi connectivity index (χ1) is 13.9. The molecule has 0 heterocycles. The number of carbonyl (C=O) groups excluding carboxylic acids is 2. The lowest BCUT2D eigenvalue weighted by Gasteiger charge is -2.11. The number of halogens is 1. The summed E-state index contributed by atoms with van der Waals surface area (Å²) in [6.07, 6.45) is 1.67. The van der Waals surface area contributed by atoms with E-state index in [-0.39, 0.29) is 17.0 Å². The lowest BCUT2D eigenvalue weighted by molar-refractivity contribution is 0.0505. The normalized spacial score (nSPS) is 10.2. The number of benzene rings is 2. The first-order valence-corrected chi connectivity index (χ1v) is 10.5. The minimum Gasteiger partial charge on any atom is -0.492 e. The maximum Gasteiger partial charge on any atom is 0.338 e. The first kappa shape index (κ1) is 22.8. The topological polar surface area (TPSA) is 76.7 Å². The van der Waals surface area contributed by atoms with E-state index in [1.54, 1.807) is 42.5 Å². The van der Waals surface area contributed by atoms with Gasteiger partial charge in [0.2, 0.25) is 0 Å². The number of rotatable bonds is 8. The summed E-state index contributed by atoms with van der Waals surface area (Å²) >= 11 is 8.61. The monoisotopic (exact) mass is 478 g/mol. The number of anilines is 1. The van der Waals surface area contributed by atoms with Crippen LogP contribution in [0.15, 0.2) is 46.9 Å². The number of amides is 1. The van der Waals surface area contributed by atoms with Gasteiger partial charge in [0.1, 0.15) is 5.75 Å². The standard InChI is InChI=1S/C21H23BrN2O4S/c1-3-11-27-18-10-7-15(13-17(18)22)19(25)24-21(29)23-16-8-5-14(6-9-16)20(26)28-12-4-2/h5-10,13H,3-4,11-12H2,1-2H3,(H2,23,24,25,29). The SMILES string of the molecule is CCCOC(=O)c1ccc(NC(=S)NC(=O)c2ccc(OCCC)c(Br)c2)cc1. The molecule has 29 heavy (non-hydrogen) atoms. The number of nitrogens with one attached hydrogen (secondary N) is 2. The average molecular weight is 479 g/mol. The summed E-state index contributed by atoms with van der Waals surface area (Å²) in [5.41, 5.74) is 1.54. The van der Waals surface area contributed by atoms with E-state index in [4.69, 9.17) is 21.7 Å². The van der Waals surface area contributed by atoms with Crippen molar-refractivity contribution in [2.75, 3.05) is 18.5 Å². The van der Waals surface area contributed by atoms with Crippen LogP contribution in [0.3, 0.4) is 0 Å². The molecule has 0 aliphatic rings. The molecule has 2 aromatic carbocycles. The van der Waals surface area contributed by atoms with E-state index in [2.05, 4.69) is 26.6 Å². The smallest absolute Gasteiger partial charge is 0.338 e. The van der Waals surface area contributed by atoms with Gasteiger partial charge in [0, 0.05) is 11.3 Å². The maximum absolute atomic E-state index is 12.4. The summed E-state index contributed by atoms with van der Waals surface area (Å²) in [4.78, 5) is 24.2. The van der Waals surface area contributed by atoms with Crippen molar-refractivity contribution in [3.8, 4) is 5.75 Å². The third kappa shape index (κ3) is 7.14. The van der Waals surface area contributed by atoms with Gasteiger partial charge in [-0.05, 0) is 83.5 Å². The van der Waals surface area contributed by atoms with Crippen molar-refractivity contribution in [3.05, 3.63) is 58.1 Å². The second-order valence-corrected chi connectivity index (χ2v) is 7.38. The molecule has 0 atom stereocenters. The second-order valence-electron chi connectivity index (χ2n) is 6.12. The molecule has 0 aliphatic heterocycles. The van der Waals surface area contributed by atoms with E-state index in [9.17, 15) is 9.59 Å². The van der Waals surface area contributed by atoms with Crippen molar-refractivity contribution in [2.24, 2.45) is 0 Å². The minimum absolute atomic E-state index is 0.152. The van der Waals surface area contributed by atoms with E-state index >= 15 is 0 Å². The third-order valence-corrected chi connectivity index (χ3v) is 4.52. The van der Waals surface area contributed by atoms with Crippen LogP contribution < -0.4 is 15.4 Å². The molecule has 0 spiro atoms. The number of thiocarbonyl (C=S) groups is 1. The Bertz CT molecular complexity index is 871. The zero-order valence-corrected chi connectivity index (χ0v) is 18.7. The molecule has 0 radical (unpaired) electrons. The Hall–Kier alpha value is -2.45. The van der Waals surface area contributed by atoms with Gasteiger partial charge < -0.3 is 14.8 Å². The molecule has 2 N–H and O–H groups in total. The predicted molar refractivity (Wildman–Crippen MR) is 121 cm³/mol. The molecule has 0 bridgehead atoms. The fraction of sp³-hybridized carbons (Fsp3) is 0.286. The molecule has 6 nitrogen and oxygen atoms in total. The van der Waals surface area contributed by atoms with E-state index < -0.39 is 0 Å². The quantitative estimate of drug-likeness (QED) is 0.413. The van der Waals surface area contributed by atoms with Gasteiger partial charge in [-0.3, -0.25) is 10.1 Å². The molecule has 2 rings (SSSR count). The van der Waals surface area contributed by atoms with Gasteiger partial charge in [-0.1, -0.05) is 13.8 Å². The van der Waals surface area contributed by atoms with Gasteiger partial charge in [0.25, 0.3) is 5.91 Å². The highest BCUT2D eigenvalue weighted by Crippen LogP contribution is 2.26. The summed E-state index contributed by atoms with van der Waals surface area (Å²) in [7, 11) is 0. The predicted octanol–water partition coefficient (Wildman–Crippen LogP) is 4.93. The van der Waals surface area contributed by atoms with E-state index in [0.717, 1.165) is 12.8 Å². The first-order valence-electron chi connectivity index (χ1n) is 9.26. The zero-order valence-electron chi connectivity index (χ0n) is 16.3. The Morgan fingerprint density at radius 3 is 2.28 bits per heavy atom. The lowest BCUT2D eigenvalue weighted by atomic mass is 10.2. The van der Waals surface area contributed by atoms with Gasteiger partial charge in [0.05, 0.1) is 23.2 Å². The van der Waals surface area contributed by atoms with Crippen molar-refractivity contribution in [1.82, 2.24) is 5.32 Å². The summed E-state index contributed by atoms with van der Waals surface area (Å²) in [5, 5.41) is 5.70. The number of carbonyl (C=O) groups is 2. The van der Waals surface area contributed by atoms with Crippen LogP contribution >= 0.6 is 28.1 Å². The molecular formula is C21H23BrN2O4S. The van der Waals surface area contributed by atoms with Gasteiger partial charge >= 0.3 is 5.97 Å². The van der Waals surface area contributed by atoms with Crippen LogP contribution in [0, 0.1) is 0 Å². The molecule has 8 heteroatoms. The van der Waals surface area contributed by atoms with E-state index in [1.165, 1.54) is 0 Å². The van der Waals surface area contributed by atoms with Crippen LogP contribution in [-0.4, -0.2) is 30.2 Å². The van der Waals surface area contributed by atoms with Crippen LogP contribution in [-0.2, 0) is 4.74 Å². The molecule has 0 aromatic heterocycles. The number of esters is 1. The highest BCUT2D eigenvalue weighted by molar-refractivity contribution is 9.10. The van der Waals surface area contributed by atoms with Crippen LogP contribution in [0.1, 0.15) is 47.4 Å². The van der Waals surface area contributed by atoms with Crippen molar-refractivity contribution in [1.29, 1.82) is 0 Å². The molecule has 1 amide bonds. The molecule has 154 valence electrons. The molecule has 2 aromatic rings. The molecule has 0 saturated heterocycles. The van der Waals surface area contributed by atoms with Crippen molar-refractivity contribution in [3.63, 3.8) is 0 Å². The maximum atomic E-state index is 12.4. The Morgan fingerprint density at radius 2 is 1.66 bits per heavy atom. The highest BCUT2D eigenvalue weighted by Gasteiger charge is 2.12. The Labute approximate surface area is 184 Å². The number of ether oxygens (including phenoxy) is 2. The fourth-order valence-corrected chi connectivity index (χ4v) is 2.98. The van der Waals surface area contributed by atoms with Gasteiger partial charge in [-0.15, -0.1) is 0 Å². The number of hydrogen-bond donors (Lipinski definition) is 2. The zero-order chi connectivity index (χ0) is 21.2. The second kappa shape index (κ2) is 11.5. The van der Waals surface area contributed by atoms with Gasteiger partial charge in [0.15, 0.2) is 5.11 Å². The average Bonchev–Trinajstić information content (AvgIpc) is 2.71.